The number of aliphatic hydroxyl groups is 1. The average molecular weight is 339 g/mol. The summed E-state index contributed by atoms with van der Waals surface area (Å²) in [5.41, 5.74) is 2.26. The number of hydrogen-bond donors (Lipinski definition) is 2. The van der Waals surface area contributed by atoms with Gasteiger partial charge in [0.2, 0.25) is 0 Å². The second-order valence-corrected chi connectivity index (χ2v) is 6.27. The lowest BCUT2D eigenvalue weighted by atomic mass is 10.1. The number of aliphatic hydroxyl groups excluding tert-OH is 1. The van der Waals surface area contributed by atoms with E-state index in [1.165, 1.54) is 11.3 Å². The molecule has 3 aromatic rings. The molecule has 0 fully saturated rings. The van der Waals surface area contributed by atoms with Gasteiger partial charge in [-0.25, -0.2) is 4.98 Å². The number of benzene rings is 1. The summed E-state index contributed by atoms with van der Waals surface area (Å²) in [5, 5.41) is 13.2. The van der Waals surface area contributed by atoms with Crippen LogP contribution in [0.2, 0.25) is 0 Å². The van der Waals surface area contributed by atoms with Crippen LogP contribution in [0.5, 0.6) is 0 Å². The zero-order valence-corrected chi connectivity index (χ0v) is 14.0. The second-order valence-electron chi connectivity index (χ2n) is 5.27. The van der Waals surface area contributed by atoms with E-state index in [9.17, 15) is 9.90 Å². The maximum absolute atomic E-state index is 12.6. The third-order valence-corrected chi connectivity index (χ3v) is 4.76. The van der Waals surface area contributed by atoms with Gasteiger partial charge >= 0.3 is 0 Å². The van der Waals surface area contributed by atoms with Crippen LogP contribution in [-0.2, 0) is 0 Å². The quantitative estimate of drug-likeness (QED) is 0.749. The van der Waals surface area contributed by atoms with Crippen LogP contribution in [0, 0.1) is 6.92 Å². The number of carbonyl (C=O) groups excluding carboxylic acids is 1. The lowest BCUT2D eigenvalue weighted by Crippen LogP contribution is -2.30. The predicted octanol–water partition coefficient (Wildman–Crippen LogP) is 2.98. The standard InChI is InChI=1S/C18H17N3O2S/c1-12-16(24-18(20-12)14-9-5-6-10-19-14)17(23)21-15(11-22)13-7-3-2-4-8-13/h2-10,15,22H,11H2,1H3,(H,21,23). The van der Waals surface area contributed by atoms with Crippen LogP contribution in [0.1, 0.15) is 27.0 Å². The first-order chi connectivity index (χ1) is 11.7. The molecule has 1 atom stereocenters. The first-order valence-electron chi connectivity index (χ1n) is 7.54. The molecule has 0 aliphatic rings. The number of pyridine rings is 1. The van der Waals surface area contributed by atoms with Gasteiger partial charge in [-0.05, 0) is 24.6 Å². The summed E-state index contributed by atoms with van der Waals surface area (Å²) in [4.78, 5) is 21.8. The van der Waals surface area contributed by atoms with Crippen LogP contribution in [0.3, 0.4) is 0 Å². The topological polar surface area (TPSA) is 75.1 Å². The molecule has 0 aliphatic heterocycles. The minimum Gasteiger partial charge on any atom is -0.394 e. The van der Waals surface area contributed by atoms with E-state index in [0.717, 1.165) is 11.3 Å². The van der Waals surface area contributed by atoms with Gasteiger partial charge in [0.05, 0.1) is 24.0 Å². The van der Waals surface area contributed by atoms with Crippen molar-refractivity contribution in [3.05, 3.63) is 70.9 Å². The van der Waals surface area contributed by atoms with Crippen molar-refractivity contribution in [3.8, 4) is 10.7 Å². The van der Waals surface area contributed by atoms with E-state index in [0.29, 0.717) is 15.6 Å². The van der Waals surface area contributed by atoms with Crippen LogP contribution in [0.4, 0.5) is 0 Å². The average Bonchev–Trinajstić information content (AvgIpc) is 3.03. The molecular weight excluding hydrogens is 322 g/mol. The predicted molar refractivity (Wildman–Crippen MR) is 93.8 cm³/mol. The Morgan fingerprint density at radius 1 is 1.21 bits per heavy atom. The number of nitrogens with one attached hydrogen (secondary N) is 1. The van der Waals surface area contributed by atoms with E-state index in [-0.39, 0.29) is 12.5 Å². The fourth-order valence-corrected chi connectivity index (χ4v) is 3.30. The van der Waals surface area contributed by atoms with E-state index in [2.05, 4.69) is 15.3 Å². The Balaban J connectivity index is 1.81. The summed E-state index contributed by atoms with van der Waals surface area (Å²) >= 11 is 1.30. The Hall–Kier alpha value is -2.57. The molecule has 2 aromatic heterocycles. The van der Waals surface area contributed by atoms with Gasteiger partial charge < -0.3 is 10.4 Å². The Kier molecular flexibility index (Phi) is 4.98. The number of nitrogens with zero attached hydrogens (tertiary/aromatic N) is 2. The van der Waals surface area contributed by atoms with Crippen molar-refractivity contribution in [1.29, 1.82) is 0 Å². The monoisotopic (exact) mass is 339 g/mol. The number of aryl methyl sites for hydroxylation is 1. The Morgan fingerprint density at radius 3 is 2.62 bits per heavy atom. The summed E-state index contributed by atoms with van der Waals surface area (Å²) in [7, 11) is 0. The molecule has 2 N–H and O–H groups in total. The molecule has 1 aromatic carbocycles. The van der Waals surface area contributed by atoms with E-state index >= 15 is 0 Å². The zero-order valence-electron chi connectivity index (χ0n) is 13.1. The Bertz CT molecular complexity index is 819. The molecule has 5 nitrogen and oxygen atoms in total. The highest BCUT2D eigenvalue weighted by Gasteiger charge is 2.20. The molecule has 2 heterocycles. The molecule has 0 spiro atoms. The molecule has 122 valence electrons. The largest absolute Gasteiger partial charge is 0.394 e. The maximum Gasteiger partial charge on any atom is 0.263 e. The number of aromatic nitrogens is 2. The van der Waals surface area contributed by atoms with E-state index < -0.39 is 6.04 Å². The van der Waals surface area contributed by atoms with E-state index in [4.69, 9.17) is 0 Å². The minimum absolute atomic E-state index is 0.166. The molecule has 0 saturated heterocycles. The number of hydrogen-bond acceptors (Lipinski definition) is 5. The molecule has 1 unspecified atom stereocenters. The number of rotatable bonds is 5. The molecule has 3 rings (SSSR count). The first-order valence-corrected chi connectivity index (χ1v) is 8.36. The summed E-state index contributed by atoms with van der Waals surface area (Å²) in [6, 6.07) is 14.5. The van der Waals surface area contributed by atoms with Gasteiger partial charge in [0.15, 0.2) is 0 Å². The zero-order chi connectivity index (χ0) is 16.9. The summed E-state index contributed by atoms with van der Waals surface area (Å²) in [6.45, 7) is 1.63. The highest BCUT2D eigenvalue weighted by Crippen LogP contribution is 2.26. The van der Waals surface area contributed by atoms with Crippen LogP contribution in [0.15, 0.2) is 54.7 Å². The van der Waals surface area contributed by atoms with Crippen molar-refractivity contribution in [1.82, 2.24) is 15.3 Å². The highest BCUT2D eigenvalue weighted by atomic mass is 32.1. The number of carbonyl (C=O) groups is 1. The lowest BCUT2D eigenvalue weighted by molar-refractivity contribution is 0.0919. The Labute approximate surface area is 144 Å². The minimum atomic E-state index is -0.446. The van der Waals surface area contributed by atoms with Gasteiger partial charge in [0, 0.05) is 6.20 Å². The summed E-state index contributed by atoms with van der Waals surface area (Å²) < 4.78 is 0. The van der Waals surface area contributed by atoms with Crippen molar-refractivity contribution in [2.24, 2.45) is 0 Å². The number of thiazole rings is 1. The van der Waals surface area contributed by atoms with Crippen molar-refractivity contribution in [2.75, 3.05) is 6.61 Å². The van der Waals surface area contributed by atoms with Crippen LogP contribution in [-0.4, -0.2) is 27.6 Å². The molecule has 0 aliphatic carbocycles. The van der Waals surface area contributed by atoms with E-state index in [1.54, 1.807) is 13.1 Å². The SMILES string of the molecule is Cc1nc(-c2ccccn2)sc1C(=O)NC(CO)c1ccccc1. The molecule has 0 radical (unpaired) electrons. The van der Waals surface area contributed by atoms with Gasteiger partial charge in [-0.2, -0.15) is 0 Å². The fourth-order valence-electron chi connectivity index (χ4n) is 2.35. The Morgan fingerprint density at radius 2 is 1.96 bits per heavy atom. The molecular formula is C18H17N3O2S. The van der Waals surface area contributed by atoms with Crippen molar-refractivity contribution < 1.29 is 9.90 Å². The van der Waals surface area contributed by atoms with Crippen molar-refractivity contribution >= 4 is 17.2 Å². The molecule has 6 heteroatoms. The first kappa shape index (κ1) is 16.3. The second kappa shape index (κ2) is 7.33. The third-order valence-electron chi connectivity index (χ3n) is 3.58. The fraction of sp³-hybridized carbons (Fsp3) is 0.167. The van der Waals surface area contributed by atoms with Crippen LogP contribution < -0.4 is 5.32 Å². The summed E-state index contributed by atoms with van der Waals surface area (Å²) in [6.07, 6.45) is 1.70. The maximum atomic E-state index is 12.6. The normalized spacial score (nSPS) is 11.9. The van der Waals surface area contributed by atoms with Crippen LogP contribution >= 0.6 is 11.3 Å². The molecule has 1 amide bonds. The highest BCUT2D eigenvalue weighted by molar-refractivity contribution is 7.17. The van der Waals surface area contributed by atoms with Gasteiger partial charge in [0.25, 0.3) is 5.91 Å². The van der Waals surface area contributed by atoms with Crippen molar-refractivity contribution in [2.45, 2.75) is 13.0 Å². The molecule has 24 heavy (non-hydrogen) atoms. The van der Waals surface area contributed by atoms with Gasteiger partial charge in [-0.15, -0.1) is 11.3 Å². The third kappa shape index (κ3) is 3.50. The van der Waals surface area contributed by atoms with Crippen molar-refractivity contribution in [3.63, 3.8) is 0 Å². The van der Waals surface area contributed by atoms with Gasteiger partial charge in [-0.3, -0.25) is 9.78 Å². The molecule has 0 bridgehead atoms. The van der Waals surface area contributed by atoms with Gasteiger partial charge in [-0.1, -0.05) is 36.4 Å². The van der Waals surface area contributed by atoms with Crippen LogP contribution in [0.25, 0.3) is 10.7 Å². The lowest BCUT2D eigenvalue weighted by Gasteiger charge is -2.16. The van der Waals surface area contributed by atoms with Gasteiger partial charge in [0.1, 0.15) is 9.88 Å². The summed E-state index contributed by atoms with van der Waals surface area (Å²) in [5.74, 6) is -0.241. The molecule has 0 saturated carbocycles. The smallest absolute Gasteiger partial charge is 0.263 e. The van der Waals surface area contributed by atoms with E-state index in [1.807, 2.05) is 48.5 Å². The number of amides is 1.